The second-order valence-electron chi connectivity index (χ2n) is 4.52. The van der Waals surface area contributed by atoms with Crippen LogP contribution in [0.3, 0.4) is 0 Å². The fourth-order valence-corrected chi connectivity index (χ4v) is 2.00. The first-order chi connectivity index (χ1) is 9.13. The molecule has 1 aromatic rings. The van der Waals surface area contributed by atoms with Gasteiger partial charge in [0.1, 0.15) is 5.41 Å². The van der Waals surface area contributed by atoms with Crippen molar-refractivity contribution < 1.29 is 9.90 Å². The Bertz CT molecular complexity index is 447. The molecule has 4 heteroatoms. The Morgan fingerprint density at radius 2 is 1.95 bits per heavy atom. The number of amides is 1. The molecule has 0 saturated heterocycles. The standard InChI is InChI=1S/C15H20N2O2/c1-3-15(4-2,11-16)14(19)17-13(10-18)12-8-6-5-7-9-12/h5-9,13,18H,3-4,10H2,1-2H3,(H,17,19)/t13-/m1/s1. The van der Waals surface area contributed by atoms with Crippen molar-refractivity contribution in [2.75, 3.05) is 6.61 Å². The Morgan fingerprint density at radius 3 is 2.37 bits per heavy atom. The number of carbonyl (C=O) groups is 1. The van der Waals surface area contributed by atoms with Gasteiger partial charge in [-0.3, -0.25) is 4.79 Å². The van der Waals surface area contributed by atoms with E-state index < -0.39 is 11.5 Å². The molecule has 1 amide bonds. The summed E-state index contributed by atoms with van der Waals surface area (Å²) < 4.78 is 0. The van der Waals surface area contributed by atoms with Crippen molar-refractivity contribution in [1.29, 1.82) is 5.26 Å². The van der Waals surface area contributed by atoms with Crippen molar-refractivity contribution in [3.8, 4) is 6.07 Å². The third-order valence-corrected chi connectivity index (χ3v) is 3.55. The van der Waals surface area contributed by atoms with Crippen molar-refractivity contribution in [2.45, 2.75) is 32.7 Å². The van der Waals surface area contributed by atoms with Gasteiger partial charge in [0, 0.05) is 0 Å². The van der Waals surface area contributed by atoms with Gasteiger partial charge in [0.25, 0.3) is 0 Å². The lowest BCUT2D eigenvalue weighted by Crippen LogP contribution is -2.42. The number of nitrogens with zero attached hydrogens (tertiary/aromatic N) is 1. The molecule has 102 valence electrons. The minimum Gasteiger partial charge on any atom is -0.394 e. The molecule has 0 aliphatic rings. The molecule has 0 unspecified atom stereocenters. The molecule has 4 nitrogen and oxygen atoms in total. The van der Waals surface area contributed by atoms with E-state index >= 15 is 0 Å². The molecule has 0 bridgehead atoms. The lowest BCUT2D eigenvalue weighted by molar-refractivity contribution is -0.129. The van der Waals surface area contributed by atoms with E-state index in [0.29, 0.717) is 12.8 Å². The van der Waals surface area contributed by atoms with E-state index in [1.54, 1.807) is 0 Å². The first kappa shape index (κ1) is 15.2. The van der Waals surface area contributed by atoms with Crippen LogP contribution in [0.25, 0.3) is 0 Å². The van der Waals surface area contributed by atoms with Crippen LogP contribution in [-0.4, -0.2) is 17.6 Å². The number of rotatable bonds is 6. The Balaban J connectivity index is 2.88. The average Bonchev–Trinajstić information content (AvgIpc) is 2.48. The van der Waals surface area contributed by atoms with Gasteiger partial charge in [0.15, 0.2) is 0 Å². The van der Waals surface area contributed by atoms with Crippen LogP contribution in [0.5, 0.6) is 0 Å². The molecule has 0 aliphatic heterocycles. The Hall–Kier alpha value is -1.86. The number of nitrogens with one attached hydrogen (secondary N) is 1. The van der Waals surface area contributed by atoms with Crippen molar-refractivity contribution >= 4 is 5.91 Å². The van der Waals surface area contributed by atoms with Crippen LogP contribution in [0.1, 0.15) is 38.3 Å². The summed E-state index contributed by atoms with van der Waals surface area (Å²) in [5.41, 5.74) is -0.181. The number of nitriles is 1. The first-order valence-corrected chi connectivity index (χ1v) is 6.51. The molecule has 19 heavy (non-hydrogen) atoms. The largest absolute Gasteiger partial charge is 0.394 e. The maximum absolute atomic E-state index is 12.3. The van der Waals surface area contributed by atoms with Gasteiger partial charge >= 0.3 is 0 Å². The van der Waals surface area contributed by atoms with Gasteiger partial charge in [-0.2, -0.15) is 5.26 Å². The predicted octanol–water partition coefficient (Wildman–Crippen LogP) is 2.17. The molecule has 0 spiro atoms. The van der Waals surface area contributed by atoms with E-state index in [-0.39, 0.29) is 12.5 Å². The summed E-state index contributed by atoms with van der Waals surface area (Å²) in [6.45, 7) is 3.45. The zero-order valence-corrected chi connectivity index (χ0v) is 11.4. The second-order valence-corrected chi connectivity index (χ2v) is 4.52. The summed E-state index contributed by atoms with van der Waals surface area (Å²) in [6.07, 6.45) is 0.914. The highest BCUT2D eigenvalue weighted by Gasteiger charge is 2.36. The average molecular weight is 260 g/mol. The number of hydrogen-bond acceptors (Lipinski definition) is 3. The first-order valence-electron chi connectivity index (χ1n) is 6.51. The Morgan fingerprint density at radius 1 is 1.37 bits per heavy atom. The van der Waals surface area contributed by atoms with E-state index in [1.807, 2.05) is 44.2 Å². The van der Waals surface area contributed by atoms with Crippen LogP contribution >= 0.6 is 0 Å². The SMILES string of the molecule is CCC(C#N)(CC)C(=O)N[C@H](CO)c1ccccc1. The van der Waals surface area contributed by atoms with E-state index in [0.717, 1.165) is 5.56 Å². The maximum Gasteiger partial charge on any atom is 0.241 e. The summed E-state index contributed by atoms with van der Waals surface area (Å²) >= 11 is 0. The topological polar surface area (TPSA) is 73.1 Å². The molecular weight excluding hydrogens is 240 g/mol. The number of aliphatic hydroxyl groups excluding tert-OH is 1. The van der Waals surface area contributed by atoms with Gasteiger partial charge in [-0.15, -0.1) is 0 Å². The molecule has 1 atom stereocenters. The lowest BCUT2D eigenvalue weighted by Gasteiger charge is -2.25. The molecular formula is C15H20N2O2. The molecule has 0 heterocycles. The fourth-order valence-electron chi connectivity index (χ4n) is 2.00. The molecule has 1 aromatic carbocycles. The zero-order valence-electron chi connectivity index (χ0n) is 11.4. The minimum absolute atomic E-state index is 0.190. The summed E-state index contributed by atoms with van der Waals surface area (Å²) in [5, 5.41) is 21.4. The van der Waals surface area contributed by atoms with Crippen molar-refractivity contribution in [2.24, 2.45) is 5.41 Å². The highest BCUT2D eigenvalue weighted by Crippen LogP contribution is 2.26. The smallest absolute Gasteiger partial charge is 0.241 e. The number of benzene rings is 1. The molecule has 0 radical (unpaired) electrons. The van der Waals surface area contributed by atoms with E-state index in [4.69, 9.17) is 0 Å². The normalized spacial score (nSPS) is 12.5. The van der Waals surface area contributed by atoms with E-state index in [1.165, 1.54) is 0 Å². The Labute approximate surface area is 114 Å². The highest BCUT2D eigenvalue weighted by atomic mass is 16.3. The monoisotopic (exact) mass is 260 g/mol. The third kappa shape index (κ3) is 3.33. The van der Waals surface area contributed by atoms with Crippen LogP contribution in [-0.2, 0) is 4.79 Å². The van der Waals surface area contributed by atoms with E-state index in [9.17, 15) is 15.2 Å². The van der Waals surface area contributed by atoms with Gasteiger partial charge in [0.2, 0.25) is 5.91 Å². The van der Waals surface area contributed by atoms with E-state index in [2.05, 4.69) is 11.4 Å². The lowest BCUT2D eigenvalue weighted by atomic mass is 9.82. The fraction of sp³-hybridized carbons (Fsp3) is 0.467. The van der Waals surface area contributed by atoms with Gasteiger partial charge < -0.3 is 10.4 Å². The third-order valence-electron chi connectivity index (χ3n) is 3.55. The molecule has 2 N–H and O–H groups in total. The summed E-state index contributed by atoms with van der Waals surface area (Å²) in [6, 6.07) is 10.9. The molecule has 0 aromatic heterocycles. The number of hydrogen-bond donors (Lipinski definition) is 2. The number of carbonyl (C=O) groups excluding carboxylic acids is 1. The zero-order chi connectivity index (χ0) is 14.3. The van der Waals surface area contributed by atoms with Gasteiger partial charge in [0.05, 0.1) is 18.7 Å². The van der Waals surface area contributed by atoms with Crippen molar-refractivity contribution in [3.63, 3.8) is 0 Å². The van der Waals surface area contributed by atoms with Crippen LogP contribution < -0.4 is 5.32 Å². The quantitative estimate of drug-likeness (QED) is 0.823. The van der Waals surface area contributed by atoms with Crippen molar-refractivity contribution in [1.82, 2.24) is 5.32 Å². The van der Waals surface area contributed by atoms with Gasteiger partial charge in [-0.1, -0.05) is 44.2 Å². The molecule has 0 fully saturated rings. The summed E-state index contributed by atoms with van der Waals surface area (Å²) in [5.74, 6) is -0.317. The molecule has 0 saturated carbocycles. The van der Waals surface area contributed by atoms with Crippen LogP contribution in [0, 0.1) is 16.7 Å². The minimum atomic E-state index is -1.01. The second kappa shape index (κ2) is 6.91. The highest BCUT2D eigenvalue weighted by molar-refractivity contribution is 5.85. The summed E-state index contributed by atoms with van der Waals surface area (Å²) in [4.78, 5) is 12.3. The predicted molar refractivity (Wildman–Crippen MR) is 73.0 cm³/mol. The molecule has 0 aliphatic carbocycles. The number of aliphatic hydroxyl groups is 1. The van der Waals surface area contributed by atoms with Gasteiger partial charge in [-0.05, 0) is 18.4 Å². The Kier molecular flexibility index (Phi) is 5.53. The van der Waals surface area contributed by atoms with Crippen LogP contribution in [0.2, 0.25) is 0 Å². The van der Waals surface area contributed by atoms with Crippen LogP contribution in [0.4, 0.5) is 0 Å². The van der Waals surface area contributed by atoms with Crippen molar-refractivity contribution in [3.05, 3.63) is 35.9 Å². The van der Waals surface area contributed by atoms with Gasteiger partial charge in [-0.25, -0.2) is 0 Å². The maximum atomic E-state index is 12.3. The molecule has 1 rings (SSSR count). The van der Waals surface area contributed by atoms with Crippen LogP contribution in [0.15, 0.2) is 30.3 Å². The summed E-state index contributed by atoms with van der Waals surface area (Å²) in [7, 11) is 0.